The first-order chi connectivity index (χ1) is 6.45. The van der Waals surface area contributed by atoms with Crippen molar-refractivity contribution in [2.24, 2.45) is 0 Å². The molecule has 4 nitrogen and oxygen atoms in total. The molecule has 0 amide bonds. The Hall–Kier alpha value is -1.32. The van der Waals surface area contributed by atoms with Crippen LogP contribution >= 0.6 is 0 Å². The summed E-state index contributed by atoms with van der Waals surface area (Å²) in [6.07, 6.45) is 0.763. The zero-order chi connectivity index (χ0) is 11.3. The molecule has 0 aromatic carbocycles. The maximum absolute atomic E-state index is 11.4. The van der Waals surface area contributed by atoms with Crippen molar-refractivity contribution in [1.29, 1.82) is 0 Å². The van der Waals surface area contributed by atoms with Crippen molar-refractivity contribution < 1.29 is 14.7 Å². The molecule has 0 aliphatic rings. The molecule has 0 spiro atoms. The lowest BCUT2D eigenvalue weighted by Crippen LogP contribution is -2.21. The standard InChI is InChI=1S/C10H17NO3/c1-5-7(11(3)4)9(10(13)14)8(12)6-2/h5-6H2,1-4H3,(H,13,14)/b9-7-. The van der Waals surface area contributed by atoms with E-state index >= 15 is 0 Å². The van der Waals surface area contributed by atoms with Crippen molar-refractivity contribution >= 4 is 11.8 Å². The number of rotatable bonds is 5. The summed E-state index contributed by atoms with van der Waals surface area (Å²) in [4.78, 5) is 24.0. The number of hydrogen-bond donors (Lipinski definition) is 1. The third kappa shape index (κ3) is 2.87. The van der Waals surface area contributed by atoms with Crippen LogP contribution in [0.2, 0.25) is 0 Å². The van der Waals surface area contributed by atoms with Crippen molar-refractivity contribution in [3.63, 3.8) is 0 Å². The van der Waals surface area contributed by atoms with Gasteiger partial charge in [0.15, 0.2) is 5.78 Å². The minimum absolute atomic E-state index is 0.0833. The van der Waals surface area contributed by atoms with Crippen molar-refractivity contribution in [1.82, 2.24) is 4.90 Å². The van der Waals surface area contributed by atoms with Crippen LogP contribution in [-0.4, -0.2) is 35.9 Å². The van der Waals surface area contributed by atoms with Gasteiger partial charge in [-0.25, -0.2) is 4.79 Å². The van der Waals surface area contributed by atoms with Crippen molar-refractivity contribution in [2.75, 3.05) is 14.1 Å². The average Bonchev–Trinajstić information content (AvgIpc) is 2.11. The molecule has 4 heteroatoms. The molecule has 0 aromatic heterocycles. The van der Waals surface area contributed by atoms with E-state index in [1.54, 1.807) is 25.9 Å². The van der Waals surface area contributed by atoms with Gasteiger partial charge in [0.25, 0.3) is 0 Å². The Kier molecular flexibility index (Phi) is 4.91. The smallest absolute Gasteiger partial charge is 0.341 e. The highest BCUT2D eigenvalue weighted by Gasteiger charge is 2.21. The van der Waals surface area contributed by atoms with Gasteiger partial charge >= 0.3 is 5.97 Å². The van der Waals surface area contributed by atoms with E-state index in [1.165, 1.54) is 0 Å². The molecule has 0 radical (unpaired) electrons. The van der Waals surface area contributed by atoms with E-state index < -0.39 is 5.97 Å². The molecule has 14 heavy (non-hydrogen) atoms. The van der Waals surface area contributed by atoms with Gasteiger partial charge in [-0.3, -0.25) is 4.79 Å². The summed E-state index contributed by atoms with van der Waals surface area (Å²) in [6, 6.07) is 0. The number of Topliss-reactive ketones (excluding diaryl/α,β-unsaturated/α-hetero) is 1. The monoisotopic (exact) mass is 199 g/mol. The normalized spacial score (nSPS) is 12.0. The summed E-state index contributed by atoms with van der Waals surface area (Å²) in [5, 5.41) is 8.92. The van der Waals surface area contributed by atoms with E-state index in [0.717, 1.165) is 0 Å². The quantitative estimate of drug-likeness (QED) is 0.411. The molecule has 0 aliphatic heterocycles. The van der Waals surface area contributed by atoms with Gasteiger partial charge < -0.3 is 10.0 Å². The number of carbonyl (C=O) groups is 2. The van der Waals surface area contributed by atoms with E-state index in [4.69, 9.17) is 5.11 Å². The molecule has 0 saturated heterocycles. The largest absolute Gasteiger partial charge is 0.477 e. The number of carboxylic acid groups (broad SMARTS) is 1. The van der Waals surface area contributed by atoms with Gasteiger partial charge in [-0.2, -0.15) is 0 Å². The summed E-state index contributed by atoms with van der Waals surface area (Å²) >= 11 is 0. The molecule has 0 aliphatic carbocycles. The van der Waals surface area contributed by atoms with Crippen LogP contribution in [0.15, 0.2) is 11.3 Å². The number of allylic oxidation sites excluding steroid dienone is 1. The second kappa shape index (κ2) is 5.42. The van der Waals surface area contributed by atoms with E-state index in [0.29, 0.717) is 12.1 Å². The van der Waals surface area contributed by atoms with Gasteiger partial charge in [0.1, 0.15) is 5.57 Å². The van der Waals surface area contributed by atoms with Crippen molar-refractivity contribution in [2.45, 2.75) is 26.7 Å². The summed E-state index contributed by atoms with van der Waals surface area (Å²) in [5.74, 6) is -1.45. The molecule has 0 heterocycles. The molecular weight excluding hydrogens is 182 g/mol. The van der Waals surface area contributed by atoms with Gasteiger partial charge in [-0.05, 0) is 6.42 Å². The van der Waals surface area contributed by atoms with Crippen LogP contribution in [0.25, 0.3) is 0 Å². The second-order valence-electron chi connectivity index (χ2n) is 3.15. The average molecular weight is 199 g/mol. The van der Waals surface area contributed by atoms with Crippen molar-refractivity contribution in [3.8, 4) is 0 Å². The molecule has 0 rings (SSSR count). The summed E-state index contributed by atoms with van der Waals surface area (Å²) < 4.78 is 0. The van der Waals surface area contributed by atoms with E-state index in [9.17, 15) is 9.59 Å². The predicted octanol–water partition coefficient (Wildman–Crippen LogP) is 1.28. The fraction of sp³-hybridized carbons (Fsp3) is 0.600. The maximum Gasteiger partial charge on any atom is 0.341 e. The number of carbonyl (C=O) groups excluding carboxylic acids is 1. The molecule has 0 fully saturated rings. The minimum atomic E-state index is -1.14. The van der Waals surface area contributed by atoms with Gasteiger partial charge in [0, 0.05) is 26.2 Å². The Morgan fingerprint density at radius 3 is 1.86 bits per heavy atom. The Balaban J connectivity index is 5.32. The highest BCUT2D eigenvalue weighted by atomic mass is 16.4. The highest BCUT2D eigenvalue weighted by molar-refractivity contribution is 6.17. The molecule has 0 aromatic rings. The predicted molar refractivity (Wildman–Crippen MR) is 53.9 cm³/mol. The zero-order valence-electron chi connectivity index (χ0n) is 9.13. The highest BCUT2D eigenvalue weighted by Crippen LogP contribution is 2.14. The molecule has 0 unspecified atom stereocenters. The molecule has 0 atom stereocenters. The topological polar surface area (TPSA) is 57.6 Å². The van der Waals surface area contributed by atoms with Crippen LogP contribution in [-0.2, 0) is 9.59 Å². The third-order valence-corrected chi connectivity index (χ3v) is 1.98. The zero-order valence-corrected chi connectivity index (χ0v) is 9.13. The lowest BCUT2D eigenvalue weighted by Gasteiger charge is -2.18. The van der Waals surface area contributed by atoms with Crippen LogP contribution in [0.1, 0.15) is 26.7 Å². The number of aliphatic carboxylic acids is 1. The number of carboxylic acids is 1. The van der Waals surface area contributed by atoms with Crippen LogP contribution in [0.3, 0.4) is 0 Å². The molecular formula is C10H17NO3. The molecule has 0 saturated carbocycles. The lowest BCUT2D eigenvalue weighted by atomic mass is 10.1. The van der Waals surface area contributed by atoms with Crippen LogP contribution in [0, 0.1) is 0 Å². The molecule has 80 valence electrons. The first-order valence-electron chi connectivity index (χ1n) is 4.62. The Morgan fingerprint density at radius 1 is 1.14 bits per heavy atom. The maximum atomic E-state index is 11.4. The fourth-order valence-electron chi connectivity index (χ4n) is 1.30. The van der Waals surface area contributed by atoms with Crippen LogP contribution < -0.4 is 0 Å². The third-order valence-electron chi connectivity index (χ3n) is 1.98. The van der Waals surface area contributed by atoms with Crippen LogP contribution in [0.4, 0.5) is 0 Å². The van der Waals surface area contributed by atoms with Gasteiger partial charge in [0.2, 0.25) is 0 Å². The van der Waals surface area contributed by atoms with Gasteiger partial charge in [-0.1, -0.05) is 13.8 Å². The Labute approximate surface area is 84.2 Å². The number of nitrogens with zero attached hydrogens (tertiary/aromatic N) is 1. The lowest BCUT2D eigenvalue weighted by molar-refractivity contribution is -0.134. The Bertz CT molecular complexity index is 267. The van der Waals surface area contributed by atoms with Gasteiger partial charge in [0.05, 0.1) is 0 Å². The summed E-state index contributed by atoms with van der Waals surface area (Å²) in [5.41, 5.74) is 0.490. The first-order valence-corrected chi connectivity index (χ1v) is 4.62. The molecule has 1 N–H and O–H groups in total. The number of ketones is 1. The molecule has 0 bridgehead atoms. The van der Waals surface area contributed by atoms with E-state index in [-0.39, 0.29) is 17.8 Å². The SMILES string of the molecule is CCC(=O)/C(C(=O)O)=C(\CC)N(C)C. The van der Waals surface area contributed by atoms with E-state index in [2.05, 4.69) is 0 Å². The summed E-state index contributed by atoms with van der Waals surface area (Å²) in [7, 11) is 3.48. The second-order valence-corrected chi connectivity index (χ2v) is 3.15. The number of hydrogen-bond acceptors (Lipinski definition) is 3. The van der Waals surface area contributed by atoms with Crippen molar-refractivity contribution in [3.05, 3.63) is 11.3 Å². The van der Waals surface area contributed by atoms with E-state index in [1.807, 2.05) is 6.92 Å². The van der Waals surface area contributed by atoms with Gasteiger partial charge in [-0.15, -0.1) is 0 Å². The minimum Gasteiger partial charge on any atom is -0.477 e. The van der Waals surface area contributed by atoms with Crippen LogP contribution in [0.5, 0.6) is 0 Å². The first kappa shape index (κ1) is 12.7. The Morgan fingerprint density at radius 2 is 1.64 bits per heavy atom. The fourth-order valence-corrected chi connectivity index (χ4v) is 1.30. The summed E-state index contributed by atoms with van der Waals surface area (Å²) in [6.45, 7) is 3.50.